The van der Waals surface area contributed by atoms with Crippen LogP contribution in [0, 0.1) is 13.8 Å². The molecular formula is C14H18O4. The van der Waals surface area contributed by atoms with Gasteiger partial charge in [-0.3, -0.25) is 4.79 Å². The van der Waals surface area contributed by atoms with Gasteiger partial charge in [0.25, 0.3) is 0 Å². The molecule has 1 N–H and O–H groups in total. The van der Waals surface area contributed by atoms with E-state index in [4.69, 9.17) is 9.84 Å². The fraction of sp³-hybridized carbons (Fsp3) is 0.429. The molecule has 0 spiro atoms. The van der Waals surface area contributed by atoms with Gasteiger partial charge in [-0.1, -0.05) is 6.07 Å². The molecule has 0 fully saturated rings. The number of carboxylic acids is 1. The second-order valence-electron chi connectivity index (χ2n) is 4.32. The van der Waals surface area contributed by atoms with E-state index in [1.165, 1.54) is 7.11 Å². The highest BCUT2D eigenvalue weighted by molar-refractivity contribution is 5.91. The maximum absolute atomic E-state index is 11.6. The second kappa shape index (κ2) is 6.19. The topological polar surface area (TPSA) is 63.6 Å². The van der Waals surface area contributed by atoms with Gasteiger partial charge in [0.05, 0.1) is 12.7 Å². The minimum Gasteiger partial charge on any atom is -0.481 e. The lowest BCUT2D eigenvalue weighted by Crippen LogP contribution is -2.06. The van der Waals surface area contributed by atoms with Crippen molar-refractivity contribution in [1.29, 1.82) is 0 Å². The summed E-state index contributed by atoms with van der Waals surface area (Å²) >= 11 is 0. The van der Waals surface area contributed by atoms with Crippen LogP contribution in [0.3, 0.4) is 0 Å². The van der Waals surface area contributed by atoms with Gasteiger partial charge >= 0.3 is 11.9 Å². The third-order valence-electron chi connectivity index (χ3n) is 2.99. The summed E-state index contributed by atoms with van der Waals surface area (Å²) in [5.74, 6) is -1.15. The third kappa shape index (κ3) is 3.58. The Kier molecular flexibility index (Phi) is 4.89. The lowest BCUT2D eigenvalue weighted by atomic mass is 9.97. The Hall–Kier alpha value is -1.84. The van der Waals surface area contributed by atoms with Gasteiger partial charge in [-0.25, -0.2) is 4.79 Å². The van der Waals surface area contributed by atoms with E-state index in [-0.39, 0.29) is 12.4 Å². The predicted octanol–water partition coefficient (Wildman–Crippen LogP) is 2.50. The Morgan fingerprint density at radius 1 is 1.28 bits per heavy atom. The summed E-state index contributed by atoms with van der Waals surface area (Å²) in [6.45, 7) is 3.81. The molecule has 0 aliphatic heterocycles. The quantitative estimate of drug-likeness (QED) is 0.815. The van der Waals surface area contributed by atoms with Crippen LogP contribution in [-0.2, 0) is 16.0 Å². The van der Waals surface area contributed by atoms with Crippen LogP contribution in [0.25, 0.3) is 0 Å². The van der Waals surface area contributed by atoms with Crippen molar-refractivity contribution in [3.63, 3.8) is 0 Å². The summed E-state index contributed by atoms with van der Waals surface area (Å²) in [5.41, 5.74) is 3.45. The number of methoxy groups -OCH3 is 1. The molecule has 1 aromatic rings. The van der Waals surface area contributed by atoms with E-state index in [0.29, 0.717) is 18.4 Å². The number of benzene rings is 1. The van der Waals surface area contributed by atoms with Gasteiger partial charge < -0.3 is 9.84 Å². The molecule has 0 unspecified atom stereocenters. The largest absolute Gasteiger partial charge is 0.481 e. The molecule has 0 atom stereocenters. The SMILES string of the molecule is COC(=O)c1cc(CCCC(=O)O)cc(C)c1C. The first-order chi connectivity index (χ1) is 8.45. The molecule has 0 aromatic heterocycles. The standard InChI is InChI=1S/C14H18O4/c1-9-7-11(5-4-6-13(15)16)8-12(10(9)2)14(17)18-3/h7-8H,4-6H2,1-3H3,(H,15,16). The van der Waals surface area contributed by atoms with Crippen molar-refractivity contribution < 1.29 is 19.4 Å². The van der Waals surface area contributed by atoms with Crippen molar-refractivity contribution >= 4 is 11.9 Å². The summed E-state index contributed by atoms with van der Waals surface area (Å²) in [4.78, 5) is 22.1. The van der Waals surface area contributed by atoms with E-state index >= 15 is 0 Å². The Morgan fingerprint density at radius 2 is 1.94 bits per heavy atom. The maximum Gasteiger partial charge on any atom is 0.338 e. The van der Waals surface area contributed by atoms with Crippen molar-refractivity contribution in [1.82, 2.24) is 0 Å². The van der Waals surface area contributed by atoms with Crippen LogP contribution >= 0.6 is 0 Å². The fourth-order valence-corrected chi connectivity index (χ4v) is 1.84. The van der Waals surface area contributed by atoms with Crippen molar-refractivity contribution in [2.24, 2.45) is 0 Å². The first-order valence-electron chi connectivity index (χ1n) is 5.86. The highest BCUT2D eigenvalue weighted by atomic mass is 16.5. The molecule has 18 heavy (non-hydrogen) atoms. The van der Waals surface area contributed by atoms with E-state index in [9.17, 15) is 9.59 Å². The first kappa shape index (κ1) is 14.2. The lowest BCUT2D eigenvalue weighted by Gasteiger charge is -2.10. The van der Waals surface area contributed by atoms with Crippen LogP contribution in [0.15, 0.2) is 12.1 Å². The van der Waals surface area contributed by atoms with E-state index in [2.05, 4.69) is 0 Å². The van der Waals surface area contributed by atoms with E-state index in [1.807, 2.05) is 19.9 Å². The molecule has 0 heterocycles. The van der Waals surface area contributed by atoms with Crippen LogP contribution in [0.4, 0.5) is 0 Å². The van der Waals surface area contributed by atoms with Gasteiger partial charge in [0.15, 0.2) is 0 Å². The van der Waals surface area contributed by atoms with Crippen LogP contribution in [0.2, 0.25) is 0 Å². The smallest absolute Gasteiger partial charge is 0.338 e. The van der Waals surface area contributed by atoms with Crippen molar-refractivity contribution in [3.8, 4) is 0 Å². The molecule has 0 radical (unpaired) electrons. The number of rotatable bonds is 5. The summed E-state index contributed by atoms with van der Waals surface area (Å²) in [5, 5.41) is 8.60. The van der Waals surface area contributed by atoms with Crippen LogP contribution in [0.1, 0.15) is 39.9 Å². The summed E-state index contributed by atoms with van der Waals surface area (Å²) in [6.07, 6.45) is 1.36. The summed E-state index contributed by atoms with van der Waals surface area (Å²) in [7, 11) is 1.36. The predicted molar refractivity (Wildman–Crippen MR) is 67.8 cm³/mol. The maximum atomic E-state index is 11.6. The minimum absolute atomic E-state index is 0.139. The molecule has 0 aliphatic rings. The van der Waals surface area contributed by atoms with Gasteiger partial charge in [-0.2, -0.15) is 0 Å². The van der Waals surface area contributed by atoms with Crippen molar-refractivity contribution in [2.75, 3.05) is 7.11 Å². The number of aliphatic carboxylic acids is 1. The van der Waals surface area contributed by atoms with E-state index in [0.717, 1.165) is 16.7 Å². The van der Waals surface area contributed by atoms with E-state index in [1.54, 1.807) is 6.07 Å². The number of ether oxygens (including phenoxy) is 1. The van der Waals surface area contributed by atoms with Gasteiger partial charge in [0, 0.05) is 6.42 Å². The average molecular weight is 250 g/mol. The Balaban J connectivity index is 2.90. The van der Waals surface area contributed by atoms with Gasteiger partial charge in [-0.05, 0) is 49.4 Å². The van der Waals surface area contributed by atoms with Gasteiger partial charge in [0.1, 0.15) is 0 Å². The Morgan fingerprint density at radius 3 is 2.50 bits per heavy atom. The molecule has 98 valence electrons. The molecular weight excluding hydrogens is 232 g/mol. The zero-order valence-corrected chi connectivity index (χ0v) is 10.9. The zero-order chi connectivity index (χ0) is 13.7. The molecule has 0 amide bonds. The first-order valence-corrected chi connectivity index (χ1v) is 5.86. The lowest BCUT2D eigenvalue weighted by molar-refractivity contribution is -0.137. The minimum atomic E-state index is -0.799. The third-order valence-corrected chi connectivity index (χ3v) is 2.99. The highest BCUT2D eigenvalue weighted by Gasteiger charge is 2.12. The molecule has 4 heteroatoms. The van der Waals surface area contributed by atoms with Crippen LogP contribution in [-0.4, -0.2) is 24.2 Å². The Labute approximate surface area is 107 Å². The monoisotopic (exact) mass is 250 g/mol. The molecule has 0 bridgehead atoms. The molecule has 1 rings (SSSR count). The van der Waals surface area contributed by atoms with Gasteiger partial charge in [0.2, 0.25) is 0 Å². The number of esters is 1. The molecule has 0 aliphatic carbocycles. The van der Waals surface area contributed by atoms with Gasteiger partial charge in [-0.15, -0.1) is 0 Å². The molecule has 4 nitrogen and oxygen atoms in total. The fourth-order valence-electron chi connectivity index (χ4n) is 1.84. The Bertz CT molecular complexity index is 463. The van der Waals surface area contributed by atoms with Crippen LogP contribution < -0.4 is 0 Å². The second-order valence-corrected chi connectivity index (χ2v) is 4.32. The summed E-state index contributed by atoms with van der Waals surface area (Å²) in [6, 6.07) is 3.78. The number of hydrogen-bond acceptors (Lipinski definition) is 3. The number of carbonyl (C=O) groups excluding carboxylic acids is 1. The highest BCUT2D eigenvalue weighted by Crippen LogP contribution is 2.18. The van der Waals surface area contributed by atoms with Crippen molar-refractivity contribution in [3.05, 3.63) is 34.4 Å². The van der Waals surface area contributed by atoms with Crippen molar-refractivity contribution in [2.45, 2.75) is 33.1 Å². The average Bonchev–Trinajstić information content (AvgIpc) is 2.32. The number of aryl methyl sites for hydroxylation is 2. The normalized spacial score (nSPS) is 10.2. The number of hydrogen-bond donors (Lipinski definition) is 1. The molecule has 0 saturated carbocycles. The number of carbonyl (C=O) groups is 2. The molecule has 1 aromatic carbocycles. The van der Waals surface area contributed by atoms with Crippen LogP contribution in [0.5, 0.6) is 0 Å². The zero-order valence-electron chi connectivity index (χ0n) is 10.9. The number of carboxylic acid groups (broad SMARTS) is 1. The summed E-state index contributed by atoms with van der Waals surface area (Å²) < 4.78 is 4.74. The van der Waals surface area contributed by atoms with E-state index < -0.39 is 5.97 Å². The molecule has 0 saturated heterocycles.